The summed E-state index contributed by atoms with van der Waals surface area (Å²) in [6.07, 6.45) is 0. The van der Waals surface area contributed by atoms with Crippen molar-refractivity contribution < 1.29 is 17.6 Å². The lowest BCUT2D eigenvalue weighted by Gasteiger charge is -2.31. The maximum atomic E-state index is 13.9. The number of benzene rings is 3. The third-order valence-electron chi connectivity index (χ3n) is 4.97. The van der Waals surface area contributed by atoms with Crippen molar-refractivity contribution in [2.24, 2.45) is 0 Å². The summed E-state index contributed by atoms with van der Waals surface area (Å²) in [5.74, 6) is -0.222. The number of carbonyl (C=O) groups is 1. The van der Waals surface area contributed by atoms with Gasteiger partial charge in [-0.05, 0) is 43.3 Å². The number of nitrogens with zero attached hydrogens (tertiary/aromatic N) is 1. The fourth-order valence-electron chi connectivity index (χ4n) is 3.45. The lowest BCUT2D eigenvalue weighted by atomic mass is 10.0. The molecule has 1 heterocycles. The second-order valence-electron chi connectivity index (χ2n) is 7.18. The van der Waals surface area contributed by atoms with Gasteiger partial charge in [0.15, 0.2) is 0 Å². The molecule has 0 fully saturated rings. The molecular weight excluding hydrogens is 435 g/mol. The van der Waals surface area contributed by atoms with Gasteiger partial charge in [0.25, 0.3) is 10.0 Å². The maximum absolute atomic E-state index is 13.9. The molecule has 3 aromatic rings. The van der Waals surface area contributed by atoms with E-state index in [9.17, 15) is 17.6 Å². The maximum Gasteiger partial charge on any atom is 0.265 e. The molecule has 0 bridgehead atoms. The van der Waals surface area contributed by atoms with Crippen molar-refractivity contribution in [1.29, 1.82) is 0 Å². The highest BCUT2D eigenvalue weighted by molar-refractivity contribution is 7.99. The minimum atomic E-state index is -3.94. The molecule has 5 nitrogen and oxygen atoms in total. The minimum absolute atomic E-state index is 0.0656. The van der Waals surface area contributed by atoms with Crippen molar-refractivity contribution in [1.82, 2.24) is 5.32 Å². The van der Waals surface area contributed by atoms with Crippen LogP contribution in [0.25, 0.3) is 11.1 Å². The van der Waals surface area contributed by atoms with Gasteiger partial charge in [-0.2, -0.15) is 0 Å². The molecule has 8 heteroatoms. The van der Waals surface area contributed by atoms with Crippen LogP contribution in [0.3, 0.4) is 0 Å². The van der Waals surface area contributed by atoms with Crippen molar-refractivity contribution in [3.8, 4) is 11.1 Å². The van der Waals surface area contributed by atoms with Crippen molar-refractivity contribution >= 4 is 33.4 Å². The first-order chi connectivity index (χ1) is 14.9. The molecule has 0 radical (unpaired) electrons. The Morgan fingerprint density at radius 1 is 1.03 bits per heavy atom. The number of nitrogens with one attached hydrogen (secondary N) is 1. The summed E-state index contributed by atoms with van der Waals surface area (Å²) in [7, 11) is -3.94. The van der Waals surface area contributed by atoms with Crippen LogP contribution in [0.4, 0.5) is 10.1 Å². The first kappa shape index (κ1) is 21.4. The molecule has 0 saturated heterocycles. The van der Waals surface area contributed by atoms with E-state index in [1.165, 1.54) is 29.8 Å². The molecule has 1 N–H and O–H groups in total. The molecular formula is C23H21FN2O3S2. The molecule has 4 rings (SSSR count). The number of aryl methyl sites for hydroxylation is 1. The van der Waals surface area contributed by atoms with E-state index < -0.39 is 21.7 Å². The summed E-state index contributed by atoms with van der Waals surface area (Å²) in [5, 5.41) is 2.78. The van der Waals surface area contributed by atoms with Crippen LogP contribution in [-0.4, -0.2) is 33.2 Å². The quantitative estimate of drug-likeness (QED) is 0.446. The van der Waals surface area contributed by atoms with Gasteiger partial charge in [-0.1, -0.05) is 35.9 Å². The normalized spacial score (nSPS) is 13.9. The zero-order valence-corrected chi connectivity index (χ0v) is 18.5. The van der Waals surface area contributed by atoms with Crippen LogP contribution in [0.1, 0.15) is 5.56 Å². The van der Waals surface area contributed by atoms with Crippen molar-refractivity contribution in [2.45, 2.75) is 16.7 Å². The fourth-order valence-corrected chi connectivity index (χ4v) is 5.87. The van der Waals surface area contributed by atoms with Crippen LogP contribution in [0.5, 0.6) is 0 Å². The van der Waals surface area contributed by atoms with Crippen LogP contribution >= 0.6 is 11.8 Å². The highest BCUT2D eigenvalue weighted by Crippen LogP contribution is 2.42. The van der Waals surface area contributed by atoms with Gasteiger partial charge < -0.3 is 5.32 Å². The standard InChI is InChI=1S/C23H21FN2O3S2/c1-16-6-9-18(10-7-16)30-13-12-25-23(27)15-26-21-11-8-17(24)14-20(21)19-4-2-3-5-22(19)31(26,28)29/h2-11,14H,12-13,15H2,1H3,(H,25,27). The minimum Gasteiger partial charge on any atom is -0.354 e. The molecule has 0 spiro atoms. The Bertz CT molecular complexity index is 1230. The van der Waals surface area contributed by atoms with Crippen LogP contribution in [0.2, 0.25) is 0 Å². The van der Waals surface area contributed by atoms with Gasteiger partial charge in [-0.15, -0.1) is 11.8 Å². The summed E-state index contributed by atoms with van der Waals surface area (Å²) < 4.78 is 41.3. The van der Waals surface area contributed by atoms with Crippen LogP contribution in [0.15, 0.2) is 76.5 Å². The number of rotatable bonds is 6. The molecule has 1 aliphatic heterocycles. The van der Waals surface area contributed by atoms with Crippen molar-refractivity contribution in [3.63, 3.8) is 0 Å². The molecule has 0 unspecified atom stereocenters. The first-order valence-corrected chi connectivity index (χ1v) is 12.2. The highest BCUT2D eigenvalue weighted by atomic mass is 32.2. The van der Waals surface area contributed by atoms with Crippen LogP contribution in [0, 0.1) is 12.7 Å². The number of fused-ring (bicyclic) bond motifs is 3. The zero-order valence-electron chi connectivity index (χ0n) is 16.8. The number of thioether (sulfide) groups is 1. The molecule has 1 amide bonds. The summed E-state index contributed by atoms with van der Waals surface area (Å²) in [6, 6.07) is 18.4. The molecule has 1 aliphatic rings. The van der Waals surface area contributed by atoms with Crippen LogP contribution in [-0.2, 0) is 14.8 Å². The van der Waals surface area contributed by atoms with E-state index in [1.54, 1.807) is 30.0 Å². The van der Waals surface area contributed by atoms with Gasteiger partial charge >= 0.3 is 0 Å². The van der Waals surface area contributed by atoms with Gasteiger partial charge in [0.2, 0.25) is 5.91 Å². The van der Waals surface area contributed by atoms with Gasteiger partial charge in [0, 0.05) is 28.3 Å². The average Bonchev–Trinajstić information content (AvgIpc) is 2.76. The Kier molecular flexibility index (Phi) is 6.02. The Hall–Kier alpha value is -2.84. The smallest absolute Gasteiger partial charge is 0.265 e. The van der Waals surface area contributed by atoms with E-state index in [0.717, 1.165) is 9.20 Å². The number of hydrogen-bond acceptors (Lipinski definition) is 4. The SMILES string of the molecule is Cc1ccc(SCCNC(=O)CN2c3ccc(F)cc3-c3ccccc3S2(=O)=O)cc1. The summed E-state index contributed by atoms with van der Waals surface area (Å²) in [5.41, 5.74) is 2.36. The van der Waals surface area contributed by atoms with Gasteiger partial charge in [-0.25, -0.2) is 12.8 Å². The van der Waals surface area contributed by atoms with Gasteiger partial charge in [-0.3, -0.25) is 9.10 Å². The third kappa shape index (κ3) is 4.45. The Morgan fingerprint density at radius 2 is 1.77 bits per heavy atom. The molecule has 0 saturated carbocycles. The molecule has 0 aliphatic carbocycles. The topological polar surface area (TPSA) is 66.5 Å². The van der Waals surface area contributed by atoms with E-state index in [2.05, 4.69) is 5.32 Å². The molecule has 31 heavy (non-hydrogen) atoms. The number of anilines is 1. The molecule has 160 valence electrons. The van der Waals surface area contributed by atoms with Crippen molar-refractivity contribution in [2.75, 3.05) is 23.1 Å². The summed E-state index contributed by atoms with van der Waals surface area (Å²) >= 11 is 1.61. The van der Waals surface area contributed by atoms with Gasteiger partial charge in [0.05, 0.1) is 10.6 Å². The number of amides is 1. The fraction of sp³-hybridized carbons (Fsp3) is 0.174. The summed E-state index contributed by atoms with van der Waals surface area (Å²) in [6.45, 7) is 2.05. The Labute approximate surface area is 185 Å². The lowest BCUT2D eigenvalue weighted by molar-refractivity contribution is -0.119. The number of hydrogen-bond donors (Lipinski definition) is 1. The highest BCUT2D eigenvalue weighted by Gasteiger charge is 2.35. The van der Waals surface area contributed by atoms with Crippen molar-refractivity contribution in [3.05, 3.63) is 78.1 Å². The van der Waals surface area contributed by atoms with E-state index in [4.69, 9.17) is 0 Å². The van der Waals surface area contributed by atoms with E-state index >= 15 is 0 Å². The number of sulfonamides is 1. The molecule has 0 aromatic heterocycles. The monoisotopic (exact) mass is 456 g/mol. The van der Waals surface area contributed by atoms with Crippen LogP contribution < -0.4 is 9.62 Å². The van der Waals surface area contributed by atoms with E-state index in [1.807, 2.05) is 31.2 Å². The summed E-state index contributed by atoms with van der Waals surface area (Å²) in [4.78, 5) is 13.7. The van der Waals surface area contributed by atoms with Gasteiger partial charge in [0.1, 0.15) is 12.4 Å². The average molecular weight is 457 g/mol. The molecule has 3 aromatic carbocycles. The predicted octanol–water partition coefficient (Wildman–Crippen LogP) is 4.22. The number of carbonyl (C=O) groups excluding carboxylic acids is 1. The van der Waals surface area contributed by atoms with E-state index in [-0.39, 0.29) is 11.4 Å². The number of halogens is 1. The second kappa shape index (κ2) is 8.72. The Balaban J connectivity index is 1.47. The first-order valence-electron chi connectivity index (χ1n) is 9.74. The lowest BCUT2D eigenvalue weighted by Crippen LogP contribution is -2.43. The zero-order chi connectivity index (χ0) is 22.0. The largest absolute Gasteiger partial charge is 0.354 e. The molecule has 0 atom stereocenters. The van der Waals surface area contributed by atoms with E-state index in [0.29, 0.717) is 29.1 Å². The third-order valence-corrected chi connectivity index (χ3v) is 7.81. The predicted molar refractivity (Wildman–Crippen MR) is 121 cm³/mol. The second-order valence-corrected chi connectivity index (χ2v) is 10.2. The Morgan fingerprint density at radius 3 is 2.55 bits per heavy atom.